The van der Waals surface area contributed by atoms with E-state index in [0.717, 1.165) is 18.5 Å². The van der Waals surface area contributed by atoms with Crippen molar-refractivity contribution in [1.29, 1.82) is 0 Å². The molecule has 2 rings (SSSR count). The van der Waals surface area contributed by atoms with E-state index in [1.54, 1.807) is 0 Å². The minimum atomic E-state index is -4.49. The second kappa shape index (κ2) is 5.10. The lowest BCUT2D eigenvalue weighted by Gasteiger charge is -2.11. The normalized spacial score (nSPS) is 11.4. The molecule has 19 heavy (non-hydrogen) atoms. The van der Waals surface area contributed by atoms with Crippen LogP contribution >= 0.6 is 0 Å². The van der Waals surface area contributed by atoms with Crippen LogP contribution in [0.25, 0.3) is 0 Å². The molecule has 2 heterocycles. The van der Waals surface area contributed by atoms with Gasteiger partial charge in [0.2, 0.25) is 6.39 Å². The van der Waals surface area contributed by atoms with Gasteiger partial charge in [-0.2, -0.15) is 18.2 Å². The van der Waals surface area contributed by atoms with Crippen molar-refractivity contribution in [3.05, 3.63) is 29.9 Å². The number of nitrogen functional groups attached to an aromatic ring is 1. The van der Waals surface area contributed by atoms with Gasteiger partial charge in [-0.25, -0.2) is 10.8 Å². The molecular weight excluding hydrogens is 265 g/mol. The zero-order valence-electron chi connectivity index (χ0n) is 9.40. The number of halogens is 3. The number of rotatable bonds is 4. The van der Waals surface area contributed by atoms with Crippen molar-refractivity contribution in [2.75, 3.05) is 10.7 Å². The van der Waals surface area contributed by atoms with E-state index < -0.39 is 11.7 Å². The van der Waals surface area contributed by atoms with E-state index >= 15 is 0 Å². The lowest BCUT2D eigenvalue weighted by molar-refractivity contribution is -0.137. The fourth-order valence-corrected chi connectivity index (χ4v) is 1.30. The van der Waals surface area contributed by atoms with E-state index in [2.05, 4.69) is 30.4 Å². The molecule has 0 saturated heterocycles. The Balaban J connectivity index is 2.19. The van der Waals surface area contributed by atoms with Crippen LogP contribution in [0.4, 0.5) is 24.8 Å². The first-order valence-electron chi connectivity index (χ1n) is 5.04. The van der Waals surface area contributed by atoms with E-state index in [9.17, 15) is 13.2 Å². The van der Waals surface area contributed by atoms with Gasteiger partial charge < -0.3 is 15.3 Å². The summed E-state index contributed by atoms with van der Waals surface area (Å²) in [6.45, 7) is 0.0782. The van der Waals surface area contributed by atoms with E-state index in [1.165, 1.54) is 0 Å². The molecule has 0 atom stereocenters. The molecule has 0 saturated carbocycles. The van der Waals surface area contributed by atoms with E-state index in [4.69, 9.17) is 5.84 Å². The summed E-state index contributed by atoms with van der Waals surface area (Å²) in [6, 6.07) is 1.67. The van der Waals surface area contributed by atoms with Gasteiger partial charge in [-0.15, -0.1) is 0 Å². The molecule has 0 aliphatic rings. The topological polar surface area (TPSA) is 102 Å². The Morgan fingerprint density at radius 1 is 1.26 bits per heavy atom. The van der Waals surface area contributed by atoms with Gasteiger partial charge in [0.05, 0.1) is 12.1 Å². The highest BCUT2D eigenvalue weighted by atomic mass is 19.4. The van der Waals surface area contributed by atoms with Crippen molar-refractivity contribution < 1.29 is 17.7 Å². The van der Waals surface area contributed by atoms with Crippen LogP contribution in [0.15, 0.2) is 23.0 Å². The number of nitrogens with zero attached hydrogens (tertiary/aromatic N) is 3. The number of anilines is 2. The summed E-state index contributed by atoms with van der Waals surface area (Å²) in [5.74, 6) is 5.25. The third-order valence-corrected chi connectivity index (χ3v) is 2.14. The summed E-state index contributed by atoms with van der Waals surface area (Å²) >= 11 is 0. The predicted octanol–water partition coefficient (Wildman–Crippen LogP) is 1.38. The van der Waals surface area contributed by atoms with Crippen LogP contribution in [0.1, 0.15) is 11.4 Å². The molecular formula is C9H9F3N6O. The molecule has 7 nitrogen and oxygen atoms in total. The molecule has 102 valence electrons. The molecule has 0 radical (unpaired) electrons. The quantitative estimate of drug-likeness (QED) is 0.571. The maximum Gasteiger partial charge on any atom is 0.416 e. The molecule has 10 heteroatoms. The van der Waals surface area contributed by atoms with E-state index in [1.807, 2.05) is 0 Å². The number of hydrazine groups is 1. The SMILES string of the molecule is NNc1cc(C(F)(F)F)cc(NCc2ncon2)n1. The van der Waals surface area contributed by atoms with E-state index in [0.29, 0.717) is 5.82 Å². The molecule has 0 amide bonds. The number of hydrogen-bond acceptors (Lipinski definition) is 7. The molecule has 0 aromatic carbocycles. The molecule has 0 spiro atoms. The van der Waals surface area contributed by atoms with Crippen molar-refractivity contribution >= 4 is 11.6 Å². The summed E-state index contributed by atoms with van der Waals surface area (Å²) < 4.78 is 42.4. The minimum Gasteiger partial charge on any atom is -0.363 e. The largest absolute Gasteiger partial charge is 0.416 e. The third kappa shape index (κ3) is 3.31. The fraction of sp³-hybridized carbons (Fsp3) is 0.222. The van der Waals surface area contributed by atoms with Crippen LogP contribution in [-0.4, -0.2) is 15.1 Å². The average molecular weight is 274 g/mol. The van der Waals surface area contributed by atoms with Crippen LogP contribution in [0.2, 0.25) is 0 Å². The Hall–Kier alpha value is -2.36. The van der Waals surface area contributed by atoms with Gasteiger partial charge in [0.15, 0.2) is 5.82 Å². The molecule has 0 fully saturated rings. The fourth-order valence-electron chi connectivity index (χ4n) is 1.30. The average Bonchev–Trinajstić information content (AvgIpc) is 2.88. The number of hydrogen-bond donors (Lipinski definition) is 3. The molecule has 4 N–H and O–H groups in total. The van der Waals surface area contributed by atoms with Crippen molar-refractivity contribution in [3.63, 3.8) is 0 Å². The van der Waals surface area contributed by atoms with Gasteiger partial charge in [-0.3, -0.25) is 0 Å². The standard InChI is InChI=1S/C9H9F3N6O/c10-9(11,12)5-1-6(16-7(2-5)17-13)14-3-8-15-4-19-18-8/h1-2,4H,3,13H2,(H2,14,16,17). The van der Waals surface area contributed by atoms with Crippen molar-refractivity contribution in [2.45, 2.75) is 12.7 Å². The highest BCUT2D eigenvalue weighted by Gasteiger charge is 2.31. The molecule has 0 unspecified atom stereocenters. The smallest absolute Gasteiger partial charge is 0.363 e. The molecule has 2 aromatic rings. The molecule has 0 bridgehead atoms. The number of pyridine rings is 1. The summed E-state index contributed by atoms with van der Waals surface area (Å²) in [7, 11) is 0. The van der Waals surface area contributed by atoms with Gasteiger partial charge in [0.25, 0.3) is 0 Å². The summed E-state index contributed by atoms with van der Waals surface area (Å²) in [4.78, 5) is 7.55. The lowest BCUT2D eigenvalue weighted by Crippen LogP contribution is -2.14. The first kappa shape index (κ1) is 13.1. The summed E-state index contributed by atoms with van der Waals surface area (Å²) in [5.41, 5.74) is 1.20. The second-order valence-electron chi connectivity index (χ2n) is 3.47. The summed E-state index contributed by atoms with van der Waals surface area (Å²) in [5, 5.41) is 6.15. The third-order valence-electron chi connectivity index (χ3n) is 2.14. The van der Waals surface area contributed by atoms with Crippen molar-refractivity contribution in [2.24, 2.45) is 5.84 Å². The lowest BCUT2D eigenvalue weighted by atomic mass is 10.2. The van der Waals surface area contributed by atoms with Gasteiger partial charge in [-0.1, -0.05) is 5.16 Å². The number of nitrogens with two attached hydrogens (primary N) is 1. The Bertz CT molecular complexity index is 541. The molecule has 0 aliphatic heterocycles. The van der Waals surface area contributed by atoms with Crippen LogP contribution in [0.5, 0.6) is 0 Å². The minimum absolute atomic E-state index is 0.00687. The van der Waals surface area contributed by atoms with Crippen molar-refractivity contribution in [3.8, 4) is 0 Å². The van der Waals surface area contributed by atoms with Gasteiger partial charge in [0, 0.05) is 0 Å². The molecule has 0 aliphatic carbocycles. The zero-order chi connectivity index (χ0) is 13.9. The maximum absolute atomic E-state index is 12.6. The van der Waals surface area contributed by atoms with Crippen molar-refractivity contribution in [1.82, 2.24) is 15.1 Å². The van der Waals surface area contributed by atoms with Gasteiger partial charge >= 0.3 is 6.18 Å². The number of alkyl halides is 3. The Kier molecular flexibility index (Phi) is 3.51. The monoisotopic (exact) mass is 274 g/mol. The first-order valence-corrected chi connectivity index (χ1v) is 5.04. The van der Waals surface area contributed by atoms with Crippen LogP contribution < -0.4 is 16.6 Å². The number of aromatic nitrogens is 3. The second-order valence-corrected chi connectivity index (χ2v) is 3.47. The number of nitrogens with one attached hydrogen (secondary N) is 2. The Labute approximate surface area is 105 Å². The predicted molar refractivity (Wildman–Crippen MR) is 58.7 cm³/mol. The first-order chi connectivity index (χ1) is 8.99. The summed E-state index contributed by atoms with van der Waals surface area (Å²) in [6.07, 6.45) is -3.37. The Morgan fingerprint density at radius 3 is 2.58 bits per heavy atom. The van der Waals surface area contributed by atoms with E-state index in [-0.39, 0.29) is 18.2 Å². The van der Waals surface area contributed by atoms with Gasteiger partial charge in [-0.05, 0) is 12.1 Å². The van der Waals surface area contributed by atoms with Crippen LogP contribution in [-0.2, 0) is 12.7 Å². The van der Waals surface area contributed by atoms with Gasteiger partial charge in [0.1, 0.15) is 11.6 Å². The Morgan fingerprint density at radius 2 is 2.00 bits per heavy atom. The van der Waals surface area contributed by atoms with Crippen LogP contribution in [0.3, 0.4) is 0 Å². The maximum atomic E-state index is 12.6. The highest BCUT2D eigenvalue weighted by Crippen LogP contribution is 2.31. The zero-order valence-corrected chi connectivity index (χ0v) is 9.40. The highest BCUT2D eigenvalue weighted by molar-refractivity contribution is 5.49. The van der Waals surface area contributed by atoms with Crippen LogP contribution in [0, 0.1) is 0 Å². The molecule has 2 aromatic heterocycles.